The normalized spacial score (nSPS) is 10.2. The number of nitro benzene ring substituents is 1. The number of carboxylic acid groups (broad SMARTS) is 1. The summed E-state index contributed by atoms with van der Waals surface area (Å²) in [4.78, 5) is 21.4. The molecule has 6 nitrogen and oxygen atoms in total. The third kappa shape index (κ3) is 3.32. The summed E-state index contributed by atoms with van der Waals surface area (Å²) in [5.41, 5.74) is 0.332. The van der Waals surface area contributed by atoms with Gasteiger partial charge in [0, 0.05) is 12.1 Å². The molecule has 0 unspecified atom stereocenters. The fourth-order valence-electron chi connectivity index (χ4n) is 1.68. The Kier molecular flexibility index (Phi) is 4.44. The number of carboxylic acids is 1. The Balaban J connectivity index is 2.51. The van der Waals surface area contributed by atoms with Gasteiger partial charge < -0.3 is 10.4 Å². The Morgan fingerprint density at radius 1 is 1.29 bits per heavy atom. The first-order valence-electron chi connectivity index (χ1n) is 5.63. The molecule has 0 atom stereocenters. The maximum atomic E-state index is 11.2. The van der Waals surface area contributed by atoms with Crippen LogP contribution in [-0.2, 0) is 0 Å². The van der Waals surface area contributed by atoms with E-state index in [0.717, 1.165) is 12.1 Å². The molecule has 0 amide bonds. The minimum Gasteiger partial charge on any atom is -0.478 e. The van der Waals surface area contributed by atoms with Gasteiger partial charge in [-0.3, -0.25) is 10.1 Å². The Labute approximate surface area is 132 Å². The van der Waals surface area contributed by atoms with Crippen molar-refractivity contribution in [2.45, 2.75) is 0 Å². The lowest BCUT2D eigenvalue weighted by atomic mass is 10.1. The van der Waals surface area contributed by atoms with E-state index in [1.54, 1.807) is 18.2 Å². The van der Waals surface area contributed by atoms with Gasteiger partial charge in [0.15, 0.2) is 0 Å². The van der Waals surface area contributed by atoms with Crippen molar-refractivity contribution in [1.82, 2.24) is 0 Å². The van der Waals surface area contributed by atoms with Gasteiger partial charge in [-0.25, -0.2) is 4.79 Å². The number of benzene rings is 2. The van der Waals surface area contributed by atoms with Crippen LogP contribution in [0.5, 0.6) is 0 Å². The molecule has 0 aromatic heterocycles. The van der Waals surface area contributed by atoms with Gasteiger partial charge in [-0.1, -0.05) is 17.7 Å². The summed E-state index contributed by atoms with van der Waals surface area (Å²) in [6.45, 7) is 0. The van der Waals surface area contributed by atoms with Crippen molar-refractivity contribution in [2.24, 2.45) is 0 Å². The number of anilines is 2. The van der Waals surface area contributed by atoms with Gasteiger partial charge in [0.1, 0.15) is 0 Å². The Bertz CT molecular complexity index is 736. The highest BCUT2D eigenvalue weighted by atomic mass is 79.9. The molecule has 8 heteroatoms. The van der Waals surface area contributed by atoms with Crippen LogP contribution < -0.4 is 5.32 Å². The second-order valence-electron chi connectivity index (χ2n) is 4.02. The molecule has 2 rings (SSSR count). The van der Waals surface area contributed by atoms with Gasteiger partial charge >= 0.3 is 5.97 Å². The molecule has 0 spiro atoms. The largest absolute Gasteiger partial charge is 0.478 e. The summed E-state index contributed by atoms with van der Waals surface area (Å²) in [5, 5.41) is 23.2. The predicted molar refractivity (Wildman–Crippen MR) is 82.5 cm³/mol. The SMILES string of the molecule is O=C(O)c1ccc([N+](=O)[O-])cc1Nc1cccc(Cl)c1Br. The minimum atomic E-state index is -1.19. The molecule has 0 radical (unpaired) electrons. The first-order chi connectivity index (χ1) is 9.90. The molecule has 2 N–H and O–H groups in total. The van der Waals surface area contributed by atoms with Crippen molar-refractivity contribution >= 4 is 50.6 Å². The number of halogens is 2. The van der Waals surface area contributed by atoms with E-state index in [2.05, 4.69) is 21.2 Å². The van der Waals surface area contributed by atoms with Crippen LogP contribution in [0.1, 0.15) is 10.4 Å². The molecule has 0 aliphatic heterocycles. The summed E-state index contributed by atoms with van der Waals surface area (Å²) in [7, 11) is 0. The topological polar surface area (TPSA) is 92.5 Å². The molecule has 0 aliphatic carbocycles. The zero-order chi connectivity index (χ0) is 15.6. The third-order valence-corrected chi connectivity index (χ3v) is 4.06. The van der Waals surface area contributed by atoms with Gasteiger partial charge in [0.05, 0.1) is 31.4 Å². The molecule has 0 fully saturated rings. The summed E-state index contributed by atoms with van der Waals surface area (Å²) in [6, 6.07) is 8.48. The number of hydrogen-bond acceptors (Lipinski definition) is 4. The van der Waals surface area contributed by atoms with Crippen molar-refractivity contribution in [2.75, 3.05) is 5.32 Å². The lowest BCUT2D eigenvalue weighted by molar-refractivity contribution is -0.384. The van der Waals surface area contributed by atoms with Crippen LogP contribution >= 0.6 is 27.5 Å². The van der Waals surface area contributed by atoms with Crippen molar-refractivity contribution in [3.05, 3.63) is 61.6 Å². The number of nitro groups is 1. The fourth-order valence-corrected chi connectivity index (χ4v) is 2.22. The number of rotatable bonds is 4. The van der Waals surface area contributed by atoms with E-state index in [0.29, 0.717) is 15.2 Å². The Morgan fingerprint density at radius 3 is 2.62 bits per heavy atom. The number of nitrogens with one attached hydrogen (secondary N) is 1. The lowest BCUT2D eigenvalue weighted by Crippen LogP contribution is -2.04. The lowest BCUT2D eigenvalue weighted by Gasteiger charge is -2.11. The van der Waals surface area contributed by atoms with Crippen LogP contribution in [0.4, 0.5) is 17.1 Å². The monoisotopic (exact) mass is 370 g/mol. The van der Waals surface area contributed by atoms with E-state index in [4.69, 9.17) is 16.7 Å². The fraction of sp³-hybridized carbons (Fsp3) is 0. The van der Waals surface area contributed by atoms with Gasteiger partial charge in [0.2, 0.25) is 0 Å². The summed E-state index contributed by atoms with van der Waals surface area (Å²) in [5.74, 6) is -1.19. The van der Waals surface area contributed by atoms with Crippen LogP contribution in [0.3, 0.4) is 0 Å². The zero-order valence-corrected chi connectivity index (χ0v) is 12.7. The number of non-ortho nitro benzene ring substituents is 1. The molecule has 2 aromatic rings. The van der Waals surface area contributed by atoms with Crippen molar-refractivity contribution < 1.29 is 14.8 Å². The standard InChI is InChI=1S/C13H8BrClN2O4/c14-12-9(15)2-1-3-10(12)16-11-6-7(17(20)21)4-5-8(11)13(18)19/h1-6,16H,(H,18,19). The number of hydrogen-bond donors (Lipinski definition) is 2. The molecule has 2 aromatic carbocycles. The van der Waals surface area contributed by atoms with E-state index in [9.17, 15) is 14.9 Å². The van der Waals surface area contributed by atoms with Gasteiger partial charge in [-0.05, 0) is 34.1 Å². The van der Waals surface area contributed by atoms with Crippen molar-refractivity contribution in [3.63, 3.8) is 0 Å². The Hall–Kier alpha value is -2.12. The average molecular weight is 372 g/mol. The smallest absolute Gasteiger partial charge is 0.337 e. The minimum absolute atomic E-state index is 0.0764. The maximum absolute atomic E-state index is 11.2. The average Bonchev–Trinajstić information content (AvgIpc) is 2.43. The third-order valence-electron chi connectivity index (χ3n) is 2.67. The zero-order valence-electron chi connectivity index (χ0n) is 10.3. The van der Waals surface area contributed by atoms with Crippen LogP contribution in [0.2, 0.25) is 5.02 Å². The van der Waals surface area contributed by atoms with Crippen molar-refractivity contribution in [1.29, 1.82) is 0 Å². The van der Waals surface area contributed by atoms with E-state index >= 15 is 0 Å². The highest BCUT2D eigenvalue weighted by Gasteiger charge is 2.16. The van der Waals surface area contributed by atoms with E-state index in [1.165, 1.54) is 6.07 Å². The number of carbonyl (C=O) groups is 1. The molecular formula is C13H8BrClN2O4. The molecular weight excluding hydrogens is 364 g/mol. The maximum Gasteiger partial charge on any atom is 0.337 e. The number of aromatic carboxylic acids is 1. The van der Waals surface area contributed by atoms with Crippen LogP contribution in [0.15, 0.2) is 40.9 Å². The van der Waals surface area contributed by atoms with Crippen molar-refractivity contribution in [3.8, 4) is 0 Å². The van der Waals surface area contributed by atoms with E-state index in [1.807, 2.05) is 0 Å². The quantitative estimate of drug-likeness (QED) is 0.612. The summed E-state index contributed by atoms with van der Waals surface area (Å²) in [6.07, 6.45) is 0. The molecule has 0 bridgehead atoms. The van der Waals surface area contributed by atoms with E-state index < -0.39 is 10.9 Å². The van der Waals surface area contributed by atoms with Gasteiger partial charge in [-0.2, -0.15) is 0 Å². The van der Waals surface area contributed by atoms with Crippen LogP contribution in [0.25, 0.3) is 0 Å². The Morgan fingerprint density at radius 2 is 2.00 bits per heavy atom. The molecule has 0 saturated heterocycles. The van der Waals surface area contributed by atoms with Crippen LogP contribution in [-0.4, -0.2) is 16.0 Å². The van der Waals surface area contributed by atoms with Gasteiger partial charge in [-0.15, -0.1) is 0 Å². The van der Waals surface area contributed by atoms with Crippen LogP contribution in [0, 0.1) is 10.1 Å². The number of nitrogens with zero attached hydrogens (tertiary/aromatic N) is 1. The molecule has 108 valence electrons. The first-order valence-corrected chi connectivity index (χ1v) is 6.80. The summed E-state index contributed by atoms with van der Waals surface area (Å²) < 4.78 is 0.537. The van der Waals surface area contributed by atoms with E-state index in [-0.39, 0.29) is 16.9 Å². The van der Waals surface area contributed by atoms with Gasteiger partial charge in [0.25, 0.3) is 5.69 Å². The molecule has 0 saturated carbocycles. The molecule has 0 aliphatic rings. The highest BCUT2D eigenvalue weighted by molar-refractivity contribution is 9.10. The predicted octanol–water partition coefficient (Wildman–Crippen LogP) is 4.45. The summed E-state index contributed by atoms with van der Waals surface area (Å²) >= 11 is 9.22. The highest BCUT2D eigenvalue weighted by Crippen LogP contribution is 2.34. The first kappa shape index (κ1) is 15.3. The second kappa shape index (κ2) is 6.11. The molecule has 21 heavy (non-hydrogen) atoms. The second-order valence-corrected chi connectivity index (χ2v) is 5.22. The molecule has 0 heterocycles.